The lowest BCUT2D eigenvalue weighted by atomic mass is 10.0. The third-order valence-corrected chi connectivity index (χ3v) is 2.21. The molecule has 1 nitrogen and oxygen atoms in total. The summed E-state index contributed by atoms with van der Waals surface area (Å²) in [7, 11) is 0. The van der Waals surface area contributed by atoms with Gasteiger partial charge in [0.05, 0.1) is 0 Å². The number of hydrogen-bond acceptors (Lipinski definition) is 1. The molecule has 0 radical (unpaired) electrons. The lowest BCUT2D eigenvalue weighted by molar-refractivity contribution is 0.362. The van der Waals surface area contributed by atoms with Gasteiger partial charge in [-0.2, -0.15) is 0 Å². The summed E-state index contributed by atoms with van der Waals surface area (Å²) in [5, 5.41) is 0. The van der Waals surface area contributed by atoms with Gasteiger partial charge in [-0.1, -0.05) is 13.3 Å². The summed E-state index contributed by atoms with van der Waals surface area (Å²) in [4.78, 5) is 0. The molecule has 0 saturated heterocycles. The lowest BCUT2D eigenvalue weighted by Gasteiger charge is -2.14. The zero-order chi connectivity index (χ0) is 12.5. The number of benzene rings is 1. The first-order valence-corrected chi connectivity index (χ1v) is 4.68. The summed E-state index contributed by atoms with van der Waals surface area (Å²) in [6.07, 6.45) is 0.610. The number of hydrogen-bond donors (Lipinski definition) is 1. The van der Waals surface area contributed by atoms with E-state index in [1.807, 2.05) is 0 Å². The molecule has 1 aromatic rings. The third kappa shape index (κ3) is 2.02. The maximum absolute atomic E-state index is 13.2. The van der Waals surface area contributed by atoms with Crippen molar-refractivity contribution in [1.82, 2.24) is 0 Å². The molecule has 0 unspecified atom stereocenters. The molecular formula is C10H10F5N. The second kappa shape index (κ2) is 4.78. The molecule has 6 heteroatoms. The highest BCUT2D eigenvalue weighted by molar-refractivity contribution is 5.26. The molecule has 0 amide bonds. The molecule has 90 valence electrons. The van der Waals surface area contributed by atoms with E-state index >= 15 is 0 Å². The SMILES string of the molecule is CCC[C@@H](N)c1c(F)c(F)c(F)c(F)c1F. The van der Waals surface area contributed by atoms with Gasteiger partial charge in [-0.25, -0.2) is 22.0 Å². The topological polar surface area (TPSA) is 26.0 Å². The minimum Gasteiger partial charge on any atom is -0.324 e. The van der Waals surface area contributed by atoms with Crippen molar-refractivity contribution in [2.45, 2.75) is 25.8 Å². The Kier molecular flexibility index (Phi) is 3.85. The monoisotopic (exact) mass is 239 g/mol. The van der Waals surface area contributed by atoms with Crippen molar-refractivity contribution < 1.29 is 22.0 Å². The number of halogens is 5. The summed E-state index contributed by atoms with van der Waals surface area (Å²) < 4.78 is 64.6. The summed E-state index contributed by atoms with van der Waals surface area (Å²) in [5.41, 5.74) is 4.41. The Morgan fingerprint density at radius 3 is 1.62 bits per heavy atom. The Morgan fingerprint density at radius 1 is 0.875 bits per heavy atom. The zero-order valence-electron chi connectivity index (χ0n) is 8.46. The van der Waals surface area contributed by atoms with Crippen LogP contribution in [-0.2, 0) is 0 Å². The van der Waals surface area contributed by atoms with Gasteiger partial charge >= 0.3 is 0 Å². The first-order valence-electron chi connectivity index (χ1n) is 4.68. The van der Waals surface area contributed by atoms with E-state index < -0.39 is 40.7 Å². The summed E-state index contributed by atoms with van der Waals surface area (Å²) in [6.45, 7) is 1.69. The van der Waals surface area contributed by atoms with Crippen LogP contribution in [0.2, 0.25) is 0 Å². The molecule has 0 spiro atoms. The first-order chi connectivity index (χ1) is 7.41. The average Bonchev–Trinajstić information content (AvgIpc) is 2.24. The number of rotatable bonds is 3. The molecule has 1 aromatic carbocycles. The standard InChI is InChI=1S/C10H10F5N/c1-2-3-4(16)5-6(11)8(13)10(15)9(14)7(5)12/h4H,2-3,16H2,1H3/t4-/m1/s1. The Labute approximate surface area is 89.1 Å². The Hall–Kier alpha value is -1.17. The van der Waals surface area contributed by atoms with Gasteiger partial charge in [0.2, 0.25) is 5.82 Å². The lowest BCUT2D eigenvalue weighted by Crippen LogP contribution is -2.17. The van der Waals surface area contributed by atoms with Crippen molar-refractivity contribution in [2.24, 2.45) is 5.73 Å². The molecule has 0 fully saturated rings. The van der Waals surface area contributed by atoms with Crippen LogP contribution < -0.4 is 5.73 Å². The maximum Gasteiger partial charge on any atom is 0.200 e. The van der Waals surface area contributed by atoms with Crippen molar-refractivity contribution in [3.63, 3.8) is 0 Å². The largest absolute Gasteiger partial charge is 0.324 e. The molecule has 0 heterocycles. The Balaban J connectivity index is 3.39. The molecule has 0 aliphatic heterocycles. The van der Waals surface area contributed by atoms with Crippen molar-refractivity contribution in [2.75, 3.05) is 0 Å². The molecular weight excluding hydrogens is 229 g/mol. The maximum atomic E-state index is 13.2. The van der Waals surface area contributed by atoms with Crippen molar-refractivity contribution >= 4 is 0 Å². The van der Waals surface area contributed by atoms with Gasteiger partial charge in [-0.15, -0.1) is 0 Å². The fraction of sp³-hybridized carbons (Fsp3) is 0.400. The van der Waals surface area contributed by atoms with Crippen LogP contribution in [0, 0.1) is 29.1 Å². The highest BCUT2D eigenvalue weighted by Crippen LogP contribution is 2.28. The molecule has 2 N–H and O–H groups in total. The van der Waals surface area contributed by atoms with Gasteiger partial charge in [0.25, 0.3) is 0 Å². The molecule has 1 atom stereocenters. The van der Waals surface area contributed by atoms with Crippen LogP contribution in [0.3, 0.4) is 0 Å². The molecule has 0 bridgehead atoms. The summed E-state index contributed by atoms with van der Waals surface area (Å²) in [5.74, 6) is -9.78. The van der Waals surface area contributed by atoms with Gasteiger partial charge in [0.15, 0.2) is 23.3 Å². The van der Waals surface area contributed by atoms with Crippen LogP contribution in [0.4, 0.5) is 22.0 Å². The highest BCUT2D eigenvalue weighted by Gasteiger charge is 2.28. The van der Waals surface area contributed by atoms with E-state index in [1.165, 1.54) is 0 Å². The molecule has 0 saturated carbocycles. The van der Waals surface area contributed by atoms with E-state index in [1.54, 1.807) is 6.92 Å². The average molecular weight is 239 g/mol. The zero-order valence-corrected chi connectivity index (χ0v) is 8.46. The normalized spacial score (nSPS) is 12.9. The molecule has 1 rings (SSSR count). The molecule has 16 heavy (non-hydrogen) atoms. The number of nitrogens with two attached hydrogens (primary N) is 1. The first kappa shape index (κ1) is 12.9. The Morgan fingerprint density at radius 2 is 1.25 bits per heavy atom. The van der Waals surface area contributed by atoms with Gasteiger partial charge in [-0.05, 0) is 6.42 Å². The summed E-state index contributed by atoms with van der Waals surface area (Å²) >= 11 is 0. The van der Waals surface area contributed by atoms with Gasteiger partial charge < -0.3 is 5.73 Å². The van der Waals surface area contributed by atoms with Crippen LogP contribution in [0.25, 0.3) is 0 Å². The quantitative estimate of drug-likeness (QED) is 0.489. The fourth-order valence-corrected chi connectivity index (χ4v) is 1.40. The van der Waals surface area contributed by atoms with Crippen LogP contribution in [0.1, 0.15) is 31.4 Å². The van der Waals surface area contributed by atoms with Crippen LogP contribution in [0.15, 0.2) is 0 Å². The van der Waals surface area contributed by atoms with E-state index in [0.717, 1.165) is 0 Å². The smallest absolute Gasteiger partial charge is 0.200 e. The van der Waals surface area contributed by atoms with Crippen LogP contribution in [0.5, 0.6) is 0 Å². The van der Waals surface area contributed by atoms with Crippen LogP contribution >= 0.6 is 0 Å². The van der Waals surface area contributed by atoms with Gasteiger partial charge in [0, 0.05) is 11.6 Å². The second-order valence-electron chi connectivity index (χ2n) is 3.38. The van der Waals surface area contributed by atoms with Gasteiger partial charge in [-0.3, -0.25) is 0 Å². The van der Waals surface area contributed by atoms with Crippen molar-refractivity contribution in [1.29, 1.82) is 0 Å². The van der Waals surface area contributed by atoms with Crippen LogP contribution in [-0.4, -0.2) is 0 Å². The van der Waals surface area contributed by atoms with E-state index in [-0.39, 0.29) is 6.42 Å². The van der Waals surface area contributed by atoms with E-state index in [0.29, 0.717) is 6.42 Å². The van der Waals surface area contributed by atoms with Gasteiger partial charge in [0.1, 0.15) is 0 Å². The van der Waals surface area contributed by atoms with Crippen molar-refractivity contribution in [3.8, 4) is 0 Å². The minimum absolute atomic E-state index is 0.137. The summed E-state index contributed by atoms with van der Waals surface area (Å²) in [6, 6.07) is -1.20. The predicted octanol–water partition coefficient (Wildman–Crippen LogP) is 3.18. The van der Waals surface area contributed by atoms with Crippen molar-refractivity contribution in [3.05, 3.63) is 34.6 Å². The Bertz CT molecular complexity index is 376. The minimum atomic E-state index is -2.16. The molecule has 0 aliphatic carbocycles. The third-order valence-electron chi connectivity index (χ3n) is 2.21. The fourth-order valence-electron chi connectivity index (χ4n) is 1.40. The van der Waals surface area contributed by atoms with E-state index in [4.69, 9.17) is 5.73 Å². The highest BCUT2D eigenvalue weighted by atomic mass is 19.2. The second-order valence-corrected chi connectivity index (χ2v) is 3.38. The van der Waals surface area contributed by atoms with E-state index in [9.17, 15) is 22.0 Å². The molecule has 0 aliphatic rings. The predicted molar refractivity (Wildman–Crippen MR) is 48.1 cm³/mol. The van der Waals surface area contributed by atoms with E-state index in [2.05, 4.69) is 0 Å². The molecule has 0 aromatic heterocycles.